The summed E-state index contributed by atoms with van der Waals surface area (Å²) < 4.78 is 0. The zero-order valence-corrected chi connectivity index (χ0v) is 15.0. The summed E-state index contributed by atoms with van der Waals surface area (Å²) in [4.78, 5) is 24.9. The number of hydrogen-bond acceptors (Lipinski definition) is 3. The van der Waals surface area contributed by atoms with E-state index in [-0.39, 0.29) is 17.9 Å². The maximum atomic E-state index is 12.5. The SMILES string of the molecule is CC(NC1CC1)C(=O)Nc1ccccc1C(=O)NCCc1ccccc1. The second kappa shape index (κ2) is 8.63. The molecule has 3 N–H and O–H groups in total. The highest BCUT2D eigenvalue weighted by Crippen LogP contribution is 2.20. The van der Waals surface area contributed by atoms with Crippen LogP contribution < -0.4 is 16.0 Å². The molecular formula is C21H25N3O2. The van der Waals surface area contributed by atoms with Crippen molar-refractivity contribution in [2.45, 2.75) is 38.3 Å². The number of anilines is 1. The second-order valence-electron chi connectivity index (χ2n) is 6.69. The summed E-state index contributed by atoms with van der Waals surface area (Å²) in [6.07, 6.45) is 3.01. The number of amides is 2. The first-order valence-electron chi connectivity index (χ1n) is 9.11. The van der Waals surface area contributed by atoms with Gasteiger partial charge in [0, 0.05) is 12.6 Å². The predicted molar refractivity (Wildman–Crippen MR) is 103 cm³/mol. The summed E-state index contributed by atoms with van der Waals surface area (Å²) >= 11 is 0. The van der Waals surface area contributed by atoms with E-state index in [9.17, 15) is 9.59 Å². The van der Waals surface area contributed by atoms with E-state index in [1.165, 1.54) is 5.56 Å². The van der Waals surface area contributed by atoms with Crippen molar-refractivity contribution in [2.24, 2.45) is 0 Å². The lowest BCUT2D eigenvalue weighted by Gasteiger charge is -2.16. The van der Waals surface area contributed by atoms with Crippen LogP contribution in [0.15, 0.2) is 54.6 Å². The molecule has 2 aromatic carbocycles. The van der Waals surface area contributed by atoms with E-state index in [4.69, 9.17) is 0 Å². The standard InChI is InChI=1S/C21H25N3O2/c1-15(23-17-11-12-17)20(25)24-19-10-6-5-9-18(19)21(26)22-14-13-16-7-3-2-4-8-16/h2-10,15,17,23H,11-14H2,1H3,(H,22,26)(H,24,25). The zero-order chi connectivity index (χ0) is 18.4. The lowest BCUT2D eigenvalue weighted by molar-refractivity contribution is -0.117. The highest BCUT2D eigenvalue weighted by molar-refractivity contribution is 6.04. The van der Waals surface area contributed by atoms with Crippen molar-refractivity contribution in [1.29, 1.82) is 0 Å². The molecule has 1 unspecified atom stereocenters. The quantitative estimate of drug-likeness (QED) is 0.685. The Morgan fingerprint density at radius 1 is 1.04 bits per heavy atom. The van der Waals surface area contributed by atoms with Crippen LogP contribution >= 0.6 is 0 Å². The van der Waals surface area contributed by atoms with Gasteiger partial charge < -0.3 is 16.0 Å². The predicted octanol–water partition coefficient (Wildman–Crippen LogP) is 2.74. The van der Waals surface area contributed by atoms with Crippen LogP contribution in [0, 0.1) is 0 Å². The average Bonchev–Trinajstić information content (AvgIpc) is 3.47. The van der Waals surface area contributed by atoms with Crippen LogP contribution in [0.3, 0.4) is 0 Å². The van der Waals surface area contributed by atoms with Crippen LogP contribution in [0.2, 0.25) is 0 Å². The van der Waals surface area contributed by atoms with Gasteiger partial charge >= 0.3 is 0 Å². The molecule has 26 heavy (non-hydrogen) atoms. The smallest absolute Gasteiger partial charge is 0.253 e. The third-order valence-corrected chi connectivity index (χ3v) is 4.43. The summed E-state index contributed by atoms with van der Waals surface area (Å²) in [6.45, 7) is 2.39. The fraction of sp³-hybridized carbons (Fsp3) is 0.333. The molecule has 1 saturated carbocycles. The molecule has 136 valence electrons. The molecule has 2 amide bonds. The first-order valence-corrected chi connectivity index (χ1v) is 9.11. The van der Waals surface area contributed by atoms with Crippen molar-refractivity contribution in [3.05, 3.63) is 65.7 Å². The lowest BCUT2D eigenvalue weighted by Crippen LogP contribution is -2.39. The zero-order valence-electron chi connectivity index (χ0n) is 15.0. The number of carbonyl (C=O) groups excluding carboxylic acids is 2. The third-order valence-electron chi connectivity index (χ3n) is 4.43. The van der Waals surface area contributed by atoms with Gasteiger partial charge in [-0.05, 0) is 43.9 Å². The van der Waals surface area contributed by atoms with Crippen molar-refractivity contribution >= 4 is 17.5 Å². The summed E-state index contributed by atoms with van der Waals surface area (Å²) in [6, 6.07) is 17.3. The molecule has 1 atom stereocenters. The molecule has 1 fully saturated rings. The number of benzene rings is 2. The van der Waals surface area contributed by atoms with E-state index >= 15 is 0 Å². The van der Waals surface area contributed by atoms with E-state index in [0.717, 1.165) is 19.3 Å². The Bertz CT molecular complexity index is 757. The minimum atomic E-state index is -0.281. The molecule has 0 bridgehead atoms. The molecule has 0 aliphatic heterocycles. The molecule has 0 radical (unpaired) electrons. The minimum absolute atomic E-state index is 0.124. The van der Waals surface area contributed by atoms with Gasteiger partial charge in [0.25, 0.3) is 5.91 Å². The lowest BCUT2D eigenvalue weighted by atomic mass is 10.1. The number of nitrogens with one attached hydrogen (secondary N) is 3. The normalized spacial score (nSPS) is 14.5. The third kappa shape index (κ3) is 5.17. The van der Waals surface area contributed by atoms with Gasteiger partial charge in [-0.1, -0.05) is 42.5 Å². The van der Waals surface area contributed by atoms with Crippen LogP contribution in [-0.4, -0.2) is 30.4 Å². The fourth-order valence-electron chi connectivity index (χ4n) is 2.77. The van der Waals surface area contributed by atoms with E-state index in [2.05, 4.69) is 16.0 Å². The van der Waals surface area contributed by atoms with Crippen LogP contribution in [0.25, 0.3) is 0 Å². The Kier molecular flexibility index (Phi) is 6.02. The Morgan fingerprint density at radius 2 is 1.73 bits per heavy atom. The molecular weight excluding hydrogens is 326 g/mol. The topological polar surface area (TPSA) is 70.2 Å². The highest BCUT2D eigenvalue weighted by Gasteiger charge is 2.26. The van der Waals surface area contributed by atoms with Crippen LogP contribution in [0.4, 0.5) is 5.69 Å². The maximum absolute atomic E-state index is 12.5. The van der Waals surface area contributed by atoms with Crippen molar-refractivity contribution in [3.63, 3.8) is 0 Å². The molecule has 2 aromatic rings. The van der Waals surface area contributed by atoms with Gasteiger partial charge in [-0.25, -0.2) is 0 Å². The van der Waals surface area contributed by atoms with Gasteiger partial charge in [0.1, 0.15) is 0 Å². The summed E-state index contributed by atoms with van der Waals surface area (Å²) in [5.74, 6) is -0.305. The van der Waals surface area contributed by atoms with E-state index < -0.39 is 0 Å². The number of hydrogen-bond donors (Lipinski definition) is 3. The van der Waals surface area contributed by atoms with Crippen molar-refractivity contribution < 1.29 is 9.59 Å². The molecule has 5 heteroatoms. The van der Waals surface area contributed by atoms with Crippen LogP contribution in [0.1, 0.15) is 35.7 Å². The van der Waals surface area contributed by atoms with Crippen molar-refractivity contribution in [2.75, 3.05) is 11.9 Å². The number of rotatable bonds is 8. The molecule has 0 spiro atoms. The summed E-state index contributed by atoms with van der Waals surface area (Å²) in [5.41, 5.74) is 2.20. The average molecular weight is 351 g/mol. The summed E-state index contributed by atoms with van der Waals surface area (Å²) in [7, 11) is 0. The Morgan fingerprint density at radius 3 is 2.46 bits per heavy atom. The van der Waals surface area contributed by atoms with Gasteiger partial charge in [-0.2, -0.15) is 0 Å². The molecule has 5 nitrogen and oxygen atoms in total. The summed E-state index contributed by atoms with van der Waals surface area (Å²) in [5, 5.41) is 9.06. The molecule has 0 saturated heterocycles. The van der Waals surface area contributed by atoms with Gasteiger partial charge in [0.2, 0.25) is 5.91 Å². The Labute approximate surface area is 154 Å². The monoisotopic (exact) mass is 351 g/mol. The molecule has 1 aliphatic rings. The van der Waals surface area contributed by atoms with E-state index in [1.54, 1.807) is 18.2 Å². The molecule has 0 aromatic heterocycles. The van der Waals surface area contributed by atoms with Gasteiger partial charge in [0.05, 0.1) is 17.3 Å². The van der Waals surface area contributed by atoms with Crippen LogP contribution in [0.5, 0.6) is 0 Å². The Balaban J connectivity index is 1.56. The second-order valence-corrected chi connectivity index (χ2v) is 6.69. The van der Waals surface area contributed by atoms with Crippen LogP contribution in [-0.2, 0) is 11.2 Å². The number of carbonyl (C=O) groups is 2. The van der Waals surface area contributed by atoms with E-state index in [0.29, 0.717) is 23.8 Å². The molecule has 1 aliphatic carbocycles. The fourth-order valence-corrected chi connectivity index (χ4v) is 2.77. The molecule has 3 rings (SSSR count). The highest BCUT2D eigenvalue weighted by atomic mass is 16.2. The largest absolute Gasteiger partial charge is 0.352 e. The van der Waals surface area contributed by atoms with Crippen molar-refractivity contribution in [1.82, 2.24) is 10.6 Å². The van der Waals surface area contributed by atoms with E-state index in [1.807, 2.05) is 43.3 Å². The van der Waals surface area contributed by atoms with Gasteiger partial charge in [-0.3, -0.25) is 9.59 Å². The minimum Gasteiger partial charge on any atom is -0.352 e. The first-order chi connectivity index (χ1) is 12.6. The van der Waals surface area contributed by atoms with Gasteiger partial charge in [-0.15, -0.1) is 0 Å². The number of para-hydroxylation sites is 1. The maximum Gasteiger partial charge on any atom is 0.253 e. The van der Waals surface area contributed by atoms with Gasteiger partial charge in [0.15, 0.2) is 0 Å². The molecule has 0 heterocycles. The Hall–Kier alpha value is -2.66. The van der Waals surface area contributed by atoms with Crippen molar-refractivity contribution in [3.8, 4) is 0 Å². The first kappa shape index (κ1) is 18.1.